The zero-order chi connectivity index (χ0) is 22.3. The molecule has 1 saturated heterocycles. The van der Waals surface area contributed by atoms with Crippen molar-refractivity contribution < 1.29 is 18.7 Å². The van der Waals surface area contributed by atoms with Gasteiger partial charge in [0.25, 0.3) is 5.91 Å². The number of nitrogen functional groups attached to an aromatic ring is 1. The average Bonchev–Trinajstić information content (AvgIpc) is 3.35. The lowest BCUT2D eigenvalue weighted by molar-refractivity contribution is 0.0240. The van der Waals surface area contributed by atoms with Crippen LogP contribution in [0.1, 0.15) is 30.4 Å². The second-order valence-electron chi connectivity index (χ2n) is 8.19. The Balaban J connectivity index is 1.65. The Labute approximate surface area is 182 Å². The molecule has 31 heavy (non-hydrogen) atoms. The highest BCUT2D eigenvalue weighted by Crippen LogP contribution is 2.39. The van der Waals surface area contributed by atoms with Gasteiger partial charge >= 0.3 is 6.09 Å². The third-order valence-corrected chi connectivity index (χ3v) is 5.88. The molecule has 0 unspecified atom stereocenters. The minimum atomic E-state index is -0.613. The summed E-state index contributed by atoms with van der Waals surface area (Å²) in [7, 11) is 0. The summed E-state index contributed by atoms with van der Waals surface area (Å²) in [6, 6.07) is 3.52. The van der Waals surface area contributed by atoms with Crippen molar-refractivity contribution in [1.29, 1.82) is 0 Å². The number of hydrogen-bond donors (Lipinski definition) is 2. The van der Waals surface area contributed by atoms with E-state index in [2.05, 4.69) is 4.98 Å². The lowest BCUT2D eigenvalue weighted by Gasteiger charge is -2.35. The van der Waals surface area contributed by atoms with Gasteiger partial charge in [-0.2, -0.15) is 0 Å². The third-order valence-electron chi connectivity index (χ3n) is 4.77. The fourth-order valence-electron chi connectivity index (χ4n) is 3.34. The quantitative estimate of drug-likeness (QED) is 0.628. The molecular weight excluding hydrogens is 420 g/mol. The predicted molar refractivity (Wildman–Crippen MR) is 118 cm³/mol. The SMILES string of the molecule is CC(C)(C)OC(=O)N1CCN(c2nc(-c3ccco3)c3c(N)c(C(N)=O)sc3n2)CC1. The normalized spacial score (nSPS) is 14.8. The maximum atomic E-state index is 12.3. The number of piperazine rings is 1. The molecule has 1 aliphatic rings. The number of carbonyl (C=O) groups excluding carboxylic acids is 2. The van der Waals surface area contributed by atoms with Gasteiger partial charge in [-0.15, -0.1) is 11.3 Å². The van der Waals surface area contributed by atoms with Gasteiger partial charge in [-0.1, -0.05) is 0 Å². The molecule has 0 saturated carbocycles. The standard InChI is InChI=1S/C20H24N6O4S/c1-20(2,3)30-19(28)26-8-6-25(7-9-26)18-23-14(11-5-4-10-29-11)12-13(21)15(16(22)27)31-17(12)24-18/h4-5,10H,6-9,21H2,1-3H3,(H2,22,27). The Morgan fingerprint density at radius 1 is 1.19 bits per heavy atom. The van der Waals surface area contributed by atoms with Crippen LogP contribution in [0.15, 0.2) is 22.8 Å². The minimum Gasteiger partial charge on any atom is -0.463 e. The van der Waals surface area contributed by atoms with Gasteiger partial charge in [0.05, 0.1) is 17.3 Å². The molecule has 4 N–H and O–H groups in total. The molecule has 0 spiro atoms. The number of primary amides is 1. The second kappa shape index (κ2) is 7.73. The van der Waals surface area contributed by atoms with Crippen molar-refractivity contribution in [3.63, 3.8) is 0 Å². The topological polar surface area (TPSA) is 141 Å². The fraction of sp³-hybridized carbons (Fsp3) is 0.400. The Morgan fingerprint density at radius 3 is 2.48 bits per heavy atom. The maximum Gasteiger partial charge on any atom is 0.410 e. The highest BCUT2D eigenvalue weighted by molar-refractivity contribution is 7.21. The van der Waals surface area contributed by atoms with E-state index in [0.29, 0.717) is 53.8 Å². The first-order valence-electron chi connectivity index (χ1n) is 9.80. The number of nitrogens with two attached hydrogens (primary N) is 2. The number of carbonyl (C=O) groups is 2. The number of hydrogen-bond acceptors (Lipinski definition) is 9. The molecule has 0 aromatic carbocycles. The van der Waals surface area contributed by atoms with Crippen LogP contribution in [-0.4, -0.2) is 58.6 Å². The van der Waals surface area contributed by atoms with Crippen molar-refractivity contribution >= 4 is 45.2 Å². The second-order valence-corrected chi connectivity index (χ2v) is 9.19. The van der Waals surface area contributed by atoms with Crippen molar-refractivity contribution in [2.75, 3.05) is 36.8 Å². The molecule has 2 amide bonds. The Bertz CT molecular complexity index is 1130. The van der Waals surface area contributed by atoms with Crippen LogP contribution >= 0.6 is 11.3 Å². The van der Waals surface area contributed by atoms with Gasteiger partial charge in [-0.05, 0) is 32.9 Å². The fourth-order valence-corrected chi connectivity index (χ4v) is 4.28. The monoisotopic (exact) mass is 444 g/mol. The highest BCUT2D eigenvalue weighted by Gasteiger charge is 2.28. The van der Waals surface area contributed by atoms with Crippen LogP contribution < -0.4 is 16.4 Å². The van der Waals surface area contributed by atoms with Crippen molar-refractivity contribution in [2.45, 2.75) is 26.4 Å². The molecule has 1 fully saturated rings. The van der Waals surface area contributed by atoms with E-state index in [9.17, 15) is 9.59 Å². The number of rotatable bonds is 3. The van der Waals surface area contributed by atoms with E-state index in [4.69, 9.17) is 25.6 Å². The molecule has 164 valence electrons. The maximum absolute atomic E-state index is 12.3. The first-order chi connectivity index (χ1) is 14.6. The number of anilines is 2. The van der Waals surface area contributed by atoms with E-state index >= 15 is 0 Å². The highest BCUT2D eigenvalue weighted by atomic mass is 32.1. The minimum absolute atomic E-state index is 0.240. The number of aromatic nitrogens is 2. The van der Waals surface area contributed by atoms with Crippen LogP contribution in [0.3, 0.4) is 0 Å². The number of nitrogens with zero attached hydrogens (tertiary/aromatic N) is 4. The van der Waals surface area contributed by atoms with E-state index in [1.165, 1.54) is 0 Å². The number of ether oxygens (including phenoxy) is 1. The van der Waals surface area contributed by atoms with E-state index in [1.807, 2.05) is 25.7 Å². The van der Waals surface area contributed by atoms with Crippen LogP contribution in [0.5, 0.6) is 0 Å². The molecular formula is C20H24N6O4S. The van der Waals surface area contributed by atoms with Crippen LogP contribution in [0, 0.1) is 0 Å². The van der Waals surface area contributed by atoms with E-state index in [1.54, 1.807) is 23.3 Å². The first kappa shape index (κ1) is 20.9. The molecule has 4 rings (SSSR count). The molecule has 0 radical (unpaired) electrons. The van der Waals surface area contributed by atoms with Crippen LogP contribution in [-0.2, 0) is 4.74 Å². The summed E-state index contributed by atoms with van der Waals surface area (Å²) >= 11 is 1.13. The van der Waals surface area contributed by atoms with Gasteiger partial charge in [-0.3, -0.25) is 4.79 Å². The summed E-state index contributed by atoms with van der Waals surface area (Å²) in [4.78, 5) is 37.9. The summed E-state index contributed by atoms with van der Waals surface area (Å²) in [5.41, 5.74) is 11.9. The van der Waals surface area contributed by atoms with Crippen molar-refractivity contribution in [1.82, 2.24) is 14.9 Å². The van der Waals surface area contributed by atoms with Crippen LogP contribution in [0.2, 0.25) is 0 Å². The molecule has 1 aliphatic heterocycles. The number of thiophene rings is 1. The zero-order valence-corrected chi connectivity index (χ0v) is 18.4. The average molecular weight is 445 g/mol. The molecule has 3 aromatic rings. The summed E-state index contributed by atoms with van der Waals surface area (Å²) in [5.74, 6) is 0.375. The Kier molecular flexibility index (Phi) is 5.21. The van der Waals surface area contributed by atoms with Crippen LogP contribution in [0.4, 0.5) is 16.4 Å². The Morgan fingerprint density at radius 2 is 1.90 bits per heavy atom. The molecule has 0 bridgehead atoms. The van der Waals surface area contributed by atoms with Crippen molar-refractivity contribution in [3.8, 4) is 11.5 Å². The first-order valence-corrected chi connectivity index (χ1v) is 10.6. The lowest BCUT2D eigenvalue weighted by Crippen LogP contribution is -2.50. The molecule has 3 aromatic heterocycles. The molecule has 0 aliphatic carbocycles. The third kappa shape index (κ3) is 4.13. The summed E-state index contributed by atoms with van der Waals surface area (Å²) < 4.78 is 11.0. The summed E-state index contributed by atoms with van der Waals surface area (Å²) in [6.45, 7) is 7.54. The van der Waals surface area contributed by atoms with Crippen molar-refractivity contribution in [2.24, 2.45) is 5.73 Å². The molecule has 10 nitrogen and oxygen atoms in total. The molecule has 4 heterocycles. The number of furan rings is 1. The van der Waals surface area contributed by atoms with Crippen molar-refractivity contribution in [3.05, 3.63) is 23.3 Å². The predicted octanol–water partition coefficient (Wildman–Crippen LogP) is 2.69. The summed E-state index contributed by atoms with van der Waals surface area (Å²) in [5, 5.41) is 0.546. The van der Waals surface area contributed by atoms with E-state index in [-0.39, 0.29) is 16.7 Å². The van der Waals surface area contributed by atoms with Gasteiger partial charge in [0.1, 0.15) is 21.0 Å². The van der Waals surface area contributed by atoms with Gasteiger partial charge in [-0.25, -0.2) is 14.8 Å². The largest absolute Gasteiger partial charge is 0.463 e. The lowest BCUT2D eigenvalue weighted by atomic mass is 10.2. The summed E-state index contributed by atoms with van der Waals surface area (Å²) in [6.07, 6.45) is 1.21. The van der Waals surface area contributed by atoms with Gasteiger partial charge in [0, 0.05) is 26.2 Å². The van der Waals surface area contributed by atoms with Crippen LogP contribution in [0.25, 0.3) is 21.7 Å². The van der Waals surface area contributed by atoms with Gasteiger partial charge < -0.3 is 30.4 Å². The number of fused-ring (bicyclic) bond motifs is 1. The van der Waals surface area contributed by atoms with Gasteiger partial charge in [0.2, 0.25) is 5.95 Å². The number of amides is 2. The van der Waals surface area contributed by atoms with Gasteiger partial charge in [0.15, 0.2) is 5.76 Å². The molecule has 11 heteroatoms. The zero-order valence-electron chi connectivity index (χ0n) is 17.5. The molecule has 0 atom stereocenters. The smallest absolute Gasteiger partial charge is 0.410 e. The van der Waals surface area contributed by atoms with E-state index < -0.39 is 11.5 Å². The van der Waals surface area contributed by atoms with E-state index in [0.717, 1.165) is 11.3 Å². The Hall–Kier alpha value is -3.34.